The Bertz CT molecular complexity index is 512. The highest BCUT2D eigenvalue weighted by molar-refractivity contribution is 9.10. The molecule has 0 saturated carbocycles. The maximum Gasteiger partial charge on any atom is 0.221 e. The third-order valence-electron chi connectivity index (χ3n) is 4.03. The lowest BCUT2D eigenvalue weighted by molar-refractivity contribution is -0.121. The van der Waals surface area contributed by atoms with Gasteiger partial charge < -0.3 is 11.1 Å². The fourth-order valence-corrected chi connectivity index (χ4v) is 3.07. The first-order chi connectivity index (χ1) is 10.6. The molecule has 1 amide bonds. The molecule has 0 aliphatic carbocycles. The van der Waals surface area contributed by atoms with Crippen LogP contribution in [0.15, 0.2) is 22.7 Å². The number of hydrogen-bond donors (Lipinski definition) is 2. The van der Waals surface area contributed by atoms with Crippen molar-refractivity contribution < 1.29 is 9.18 Å². The number of rotatable bonds is 6. The summed E-state index contributed by atoms with van der Waals surface area (Å²) in [6.07, 6.45) is 3.74. The first-order valence-electron chi connectivity index (χ1n) is 7.75. The van der Waals surface area contributed by atoms with Gasteiger partial charge in [-0.1, -0.05) is 12.5 Å². The van der Waals surface area contributed by atoms with Gasteiger partial charge in [0.05, 0.1) is 4.47 Å². The summed E-state index contributed by atoms with van der Waals surface area (Å²) in [4.78, 5) is 13.9. The zero-order valence-corrected chi connectivity index (χ0v) is 14.2. The molecule has 1 aliphatic heterocycles. The van der Waals surface area contributed by atoms with Crippen LogP contribution in [0.1, 0.15) is 31.2 Å². The fourth-order valence-electron chi connectivity index (χ4n) is 2.82. The van der Waals surface area contributed by atoms with Gasteiger partial charge in [0.15, 0.2) is 0 Å². The SMILES string of the molecule is NCCC(=O)NCC1CCCCN1Cc1ccc(Br)c(F)c1. The summed E-state index contributed by atoms with van der Waals surface area (Å²) in [6.45, 7) is 2.70. The molecule has 2 rings (SSSR count). The predicted octanol–water partition coefficient (Wildman–Crippen LogP) is 2.41. The standard InChI is InChI=1S/C16H23BrFN3O/c17-14-5-4-12(9-15(14)18)11-21-8-2-1-3-13(21)10-20-16(22)6-7-19/h4-5,9,13H,1-3,6-8,10-11,19H2,(H,20,22). The Balaban J connectivity index is 1.94. The van der Waals surface area contributed by atoms with Crippen molar-refractivity contribution >= 4 is 21.8 Å². The van der Waals surface area contributed by atoms with Gasteiger partial charge in [0.2, 0.25) is 5.91 Å². The average molecular weight is 372 g/mol. The maximum atomic E-state index is 13.6. The van der Waals surface area contributed by atoms with E-state index in [2.05, 4.69) is 26.1 Å². The minimum absolute atomic E-state index is 0.00251. The Kier molecular flexibility index (Phi) is 6.79. The molecule has 1 aromatic carbocycles. The molecule has 1 aliphatic rings. The Morgan fingerprint density at radius 1 is 1.45 bits per heavy atom. The first-order valence-corrected chi connectivity index (χ1v) is 8.54. The van der Waals surface area contributed by atoms with E-state index in [4.69, 9.17) is 5.73 Å². The molecule has 0 radical (unpaired) electrons. The van der Waals surface area contributed by atoms with Crippen LogP contribution < -0.4 is 11.1 Å². The lowest BCUT2D eigenvalue weighted by Gasteiger charge is -2.36. The molecule has 122 valence electrons. The molecule has 1 heterocycles. The zero-order valence-electron chi connectivity index (χ0n) is 12.7. The summed E-state index contributed by atoms with van der Waals surface area (Å²) >= 11 is 3.18. The Morgan fingerprint density at radius 3 is 3.00 bits per heavy atom. The van der Waals surface area contributed by atoms with E-state index >= 15 is 0 Å². The van der Waals surface area contributed by atoms with Crippen molar-refractivity contribution in [3.63, 3.8) is 0 Å². The van der Waals surface area contributed by atoms with E-state index < -0.39 is 0 Å². The fraction of sp³-hybridized carbons (Fsp3) is 0.562. The molecule has 3 N–H and O–H groups in total. The van der Waals surface area contributed by atoms with Gasteiger partial charge in [0.1, 0.15) is 5.82 Å². The Hall–Kier alpha value is -0.980. The quantitative estimate of drug-likeness (QED) is 0.806. The van der Waals surface area contributed by atoms with Crippen molar-refractivity contribution in [3.05, 3.63) is 34.1 Å². The number of halogens is 2. The van der Waals surface area contributed by atoms with Crippen molar-refractivity contribution in [2.45, 2.75) is 38.3 Å². The van der Waals surface area contributed by atoms with E-state index in [0.717, 1.165) is 24.9 Å². The van der Waals surface area contributed by atoms with Gasteiger partial charge in [-0.25, -0.2) is 4.39 Å². The van der Waals surface area contributed by atoms with Crippen molar-refractivity contribution in [2.75, 3.05) is 19.6 Å². The van der Waals surface area contributed by atoms with Crippen LogP contribution in [0.2, 0.25) is 0 Å². The van der Waals surface area contributed by atoms with Gasteiger partial charge in [-0.2, -0.15) is 0 Å². The Morgan fingerprint density at radius 2 is 2.27 bits per heavy atom. The third-order valence-corrected chi connectivity index (χ3v) is 4.67. The molecule has 6 heteroatoms. The summed E-state index contributed by atoms with van der Waals surface area (Å²) in [5, 5.41) is 2.95. The van der Waals surface area contributed by atoms with E-state index in [-0.39, 0.29) is 11.7 Å². The molecule has 1 unspecified atom stereocenters. The number of amides is 1. The lowest BCUT2D eigenvalue weighted by Crippen LogP contribution is -2.46. The Labute approximate surface area is 139 Å². The number of hydrogen-bond acceptors (Lipinski definition) is 3. The summed E-state index contributed by atoms with van der Waals surface area (Å²) in [5.41, 5.74) is 6.34. The highest BCUT2D eigenvalue weighted by atomic mass is 79.9. The summed E-state index contributed by atoms with van der Waals surface area (Å²) in [5.74, 6) is -0.231. The molecule has 1 fully saturated rings. The number of benzene rings is 1. The molecule has 1 saturated heterocycles. The number of likely N-dealkylation sites (tertiary alicyclic amines) is 1. The number of nitrogens with two attached hydrogens (primary N) is 1. The van der Waals surface area contributed by atoms with Crippen molar-refractivity contribution in [3.8, 4) is 0 Å². The number of nitrogens with one attached hydrogen (secondary N) is 1. The smallest absolute Gasteiger partial charge is 0.221 e. The molecule has 0 spiro atoms. The van der Waals surface area contributed by atoms with Gasteiger partial charge in [-0.05, 0) is 53.0 Å². The van der Waals surface area contributed by atoms with Gasteiger partial charge in [-0.3, -0.25) is 9.69 Å². The molecule has 0 bridgehead atoms. The number of piperidine rings is 1. The van der Waals surface area contributed by atoms with E-state index in [1.165, 1.54) is 6.42 Å². The van der Waals surface area contributed by atoms with Crippen LogP contribution >= 0.6 is 15.9 Å². The van der Waals surface area contributed by atoms with Crippen LogP contribution in [0.5, 0.6) is 0 Å². The minimum atomic E-state index is -0.234. The lowest BCUT2D eigenvalue weighted by atomic mass is 10.0. The zero-order chi connectivity index (χ0) is 15.9. The van der Waals surface area contributed by atoms with Crippen LogP contribution in [0.3, 0.4) is 0 Å². The highest BCUT2D eigenvalue weighted by Crippen LogP contribution is 2.22. The predicted molar refractivity (Wildman–Crippen MR) is 88.8 cm³/mol. The second kappa shape index (κ2) is 8.60. The maximum absolute atomic E-state index is 13.6. The van der Waals surface area contributed by atoms with Gasteiger partial charge in [0, 0.05) is 32.1 Å². The van der Waals surface area contributed by atoms with Gasteiger partial charge >= 0.3 is 0 Å². The summed E-state index contributed by atoms with van der Waals surface area (Å²) in [7, 11) is 0. The first kappa shape index (κ1) is 17.4. The molecule has 0 aromatic heterocycles. The molecule has 4 nitrogen and oxygen atoms in total. The van der Waals surface area contributed by atoms with E-state index in [0.29, 0.717) is 36.6 Å². The number of nitrogens with zero attached hydrogens (tertiary/aromatic N) is 1. The van der Waals surface area contributed by atoms with Crippen molar-refractivity contribution in [2.24, 2.45) is 5.73 Å². The molecule has 1 atom stereocenters. The van der Waals surface area contributed by atoms with Crippen molar-refractivity contribution in [1.82, 2.24) is 10.2 Å². The van der Waals surface area contributed by atoms with Gasteiger partial charge in [0.25, 0.3) is 0 Å². The van der Waals surface area contributed by atoms with E-state index in [1.807, 2.05) is 6.07 Å². The number of carbonyl (C=O) groups excluding carboxylic acids is 1. The second-order valence-corrected chi connectivity index (χ2v) is 6.57. The van der Waals surface area contributed by atoms with Crippen LogP contribution in [0.25, 0.3) is 0 Å². The van der Waals surface area contributed by atoms with E-state index in [1.54, 1.807) is 12.1 Å². The number of carbonyl (C=O) groups is 1. The largest absolute Gasteiger partial charge is 0.354 e. The molecular weight excluding hydrogens is 349 g/mol. The molecule has 1 aromatic rings. The average Bonchev–Trinajstić information content (AvgIpc) is 2.50. The van der Waals surface area contributed by atoms with Crippen LogP contribution in [0, 0.1) is 5.82 Å². The van der Waals surface area contributed by atoms with Crippen LogP contribution in [0.4, 0.5) is 4.39 Å². The summed E-state index contributed by atoms with van der Waals surface area (Å²) < 4.78 is 14.1. The second-order valence-electron chi connectivity index (χ2n) is 5.71. The minimum Gasteiger partial charge on any atom is -0.354 e. The highest BCUT2D eigenvalue weighted by Gasteiger charge is 2.23. The molecular formula is C16H23BrFN3O. The van der Waals surface area contributed by atoms with Gasteiger partial charge in [-0.15, -0.1) is 0 Å². The van der Waals surface area contributed by atoms with E-state index in [9.17, 15) is 9.18 Å². The monoisotopic (exact) mass is 371 g/mol. The van der Waals surface area contributed by atoms with Crippen LogP contribution in [-0.4, -0.2) is 36.5 Å². The molecule has 22 heavy (non-hydrogen) atoms. The third kappa shape index (κ3) is 5.04. The van der Waals surface area contributed by atoms with Crippen LogP contribution in [-0.2, 0) is 11.3 Å². The summed E-state index contributed by atoms with van der Waals surface area (Å²) in [6, 6.07) is 5.56. The topological polar surface area (TPSA) is 58.4 Å². The van der Waals surface area contributed by atoms with Crippen molar-refractivity contribution in [1.29, 1.82) is 0 Å². The normalized spacial score (nSPS) is 19.1.